The van der Waals surface area contributed by atoms with Crippen LogP contribution in [-0.4, -0.2) is 61.3 Å². The molecule has 6 rings (SSSR count). The predicted octanol–water partition coefficient (Wildman–Crippen LogP) is 4.05. The van der Waals surface area contributed by atoms with Crippen molar-refractivity contribution in [2.75, 3.05) is 19.5 Å². The van der Waals surface area contributed by atoms with E-state index in [2.05, 4.69) is 15.3 Å². The Kier molecular flexibility index (Phi) is 7.19. The Morgan fingerprint density at radius 3 is 2.05 bits per heavy atom. The van der Waals surface area contributed by atoms with Crippen molar-refractivity contribution in [2.45, 2.75) is 13.1 Å². The largest absolute Gasteiger partial charge is 0.497 e. The molecule has 0 saturated heterocycles. The molecule has 13 heteroatoms. The summed E-state index contributed by atoms with van der Waals surface area (Å²) in [5, 5.41) is 22.5. The Morgan fingerprint density at radius 1 is 0.841 bits per heavy atom. The highest BCUT2D eigenvalue weighted by atomic mass is 16.5. The van der Waals surface area contributed by atoms with Gasteiger partial charge in [0, 0.05) is 5.56 Å². The van der Waals surface area contributed by atoms with Crippen LogP contribution in [0.1, 0.15) is 37.4 Å². The van der Waals surface area contributed by atoms with Crippen molar-refractivity contribution >= 4 is 29.4 Å². The highest BCUT2D eigenvalue weighted by molar-refractivity contribution is 6.13. The first kappa shape index (κ1) is 28.0. The topological polar surface area (TPSA) is 173 Å². The number of anilines is 1. The number of hydrogen-bond donors (Lipinski definition) is 4. The lowest BCUT2D eigenvalue weighted by Crippen LogP contribution is -2.23. The van der Waals surface area contributed by atoms with Crippen molar-refractivity contribution in [3.8, 4) is 22.9 Å². The van der Waals surface area contributed by atoms with E-state index in [-0.39, 0.29) is 17.9 Å². The number of carboxylic acid groups (broad SMARTS) is 2. The van der Waals surface area contributed by atoms with Gasteiger partial charge in [0.05, 0.1) is 44.8 Å². The van der Waals surface area contributed by atoms with Gasteiger partial charge in [-0.15, -0.1) is 0 Å². The zero-order valence-corrected chi connectivity index (χ0v) is 23.6. The maximum Gasteiger partial charge on any atom is 0.336 e. The molecular formula is C31H26N6O7. The van der Waals surface area contributed by atoms with Crippen LogP contribution in [0.4, 0.5) is 11.6 Å². The summed E-state index contributed by atoms with van der Waals surface area (Å²) in [6.07, 6.45) is 1.61. The van der Waals surface area contributed by atoms with E-state index in [9.17, 15) is 24.6 Å². The van der Waals surface area contributed by atoms with E-state index in [0.717, 1.165) is 11.1 Å². The van der Waals surface area contributed by atoms with Crippen molar-refractivity contribution in [3.63, 3.8) is 0 Å². The Morgan fingerprint density at radius 2 is 1.45 bits per heavy atom. The summed E-state index contributed by atoms with van der Waals surface area (Å²) >= 11 is 0. The van der Waals surface area contributed by atoms with Gasteiger partial charge in [-0.2, -0.15) is 0 Å². The van der Waals surface area contributed by atoms with Crippen molar-refractivity contribution in [2.24, 2.45) is 4.99 Å². The summed E-state index contributed by atoms with van der Waals surface area (Å²) in [5.74, 6) is -0.428. The van der Waals surface area contributed by atoms with Crippen LogP contribution in [0.25, 0.3) is 11.4 Å². The third-order valence-electron chi connectivity index (χ3n) is 7.25. The SMILES string of the molecule is COc1ccc(Cn2cnc3c2N=C(c2ccc(C(=O)O)c(C(=O)O)c2)Nc2c-3[nH]c(=O)n2Cc2ccc(OC)cc2)cc1. The van der Waals surface area contributed by atoms with Gasteiger partial charge in [-0.1, -0.05) is 30.3 Å². The molecule has 0 bridgehead atoms. The van der Waals surface area contributed by atoms with E-state index in [1.165, 1.54) is 22.8 Å². The quantitative estimate of drug-likeness (QED) is 0.196. The summed E-state index contributed by atoms with van der Waals surface area (Å²) < 4.78 is 13.8. The Hall–Kier alpha value is -6.11. The van der Waals surface area contributed by atoms with Crippen molar-refractivity contribution in [1.29, 1.82) is 0 Å². The number of aromatic nitrogens is 4. The van der Waals surface area contributed by atoms with Gasteiger partial charge in [-0.3, -0.25) is 4.57 Å². The number of rotatable bonds is 9. The van der Waals surface area contributed by atoms with Crippen LogP contribution in [0, 0.1) is 0 Å². The molecule has 4 N–H and O–H groups in total. The number of ether oxygens (including phenoxy) is 2. The van der Waals surface area contributed by atoms with Gasteiger partial charge in [0.25, 0.3) is 0 Å². The number of carboxylic acids is 2. The smallest absolute Gasteiger partial charge is 0.336 e. The van der Waals surface area contributed by atoms with Crippen LogP contribution in [-0.2, 0) is 13.1 Å². The monoisotopic (exact) mass is 594 g/mol. The number of nitrogens with zero attached hydrogens (tertiary/aromatic N) is 4. The molecule has 0 spiro atoms. The predicted molar refractivity (Wildman–Crippen MR) is 161 cm³/mol. The molecule has 0 amide bonds. The van der Waals surface area contributed by atoms with Gasteiger partial charge in [-0.05, 0) is 47.5 Å². The average molecular weight is 595 g/mol. The fraction of sp³-hybridized carbons (Fsp3) is 0.129. The minimum Gasteiger partial charge on any atom is -0.497 e. The summed E-state index contributed by atoms with van der Waals surface area (Å²) in [7, 11) is 3.16. The van der Waals surface area contributed by atoms with Crippen LogP contribution in [0.15, 0.2) is 82.8 Å². The number of carbonyl (C=O) groups is 2. The molecule has 0 saturated carbocycles. The number of aromatic amines is 1. The van der Waals surface area contributed by atoms with E-state index < -0.39 is 23.2 Å². The minimum atomic E-state index is -1.40. The summed E-state index contributed by atoms with van der Waals surface area (Å²) in [5.41, 5.74) is 1.69. The van der Waals surface area contributed by atoms with Crippen LogP contribution in [0.2, 0.25) is 0 Å². The molecule has 44 heavy (non-hydrogen) atoms. The lowest BCUT2D eigenvalue weighted by atomic mass is 10.0. The number of benzene rings is 3. The molecule has 13 nitrogen and oxygen atoms in total. The molecule has 5 aromatic rings. The fourth-order valence-corrected chi connectivity index (χ4v) is 4.99. The first-order valence-electron chi connectivity index (χ1n) is 13.4. The van der Waals surface area contributed by atoms with Gasteiger partial charge in [0.1, 0.15) is 34.5 Å². The lowest BCUT2D eigenvalue weighted by Gasteiger charge is -2.14. The van der Waals surface area contributed by atoms with E-state index in [4.69, 9.17) is 14.5 Å². The second-order valence-electron chi connectivity index (χ2n) is 9.94. The first-order valence-corrected chi connectivity index (χ1v) is 13.4. The molecule has 222 valence electrons. The van der Waals surface area contributed by atoms with Crippen LogP contribution >= 0.6 is 0 Å². The highest BCUT2D eigenvalue weighted by Gasteiger charge is 2.28. The maximum absolute atomic E-state index is 13.3. The van der Waals surface area contributed by atoms with E-state index in [1.807, 2.05) is 36.4 Å². The summed E-state index contributed by atoms with van der Waals surface area (Å²) in [6, 6.07) is 18.7. The number of fused-ring (bicyclic) bond motifs is 3. The van der Waals surface area contributed by atoms with E-state index in [1.54, 1.807) is 37.2 Å². The van der Waals surface area contributed by atoms with Gasteiger partial charge >= 0.3 is 17.6 Å². The molecule has 3 aromatic carbocycles. The standard InChI is InChI=1S/C31H26N6O7/c1-43-20-8-3-17(4-9-20)14-36-16-32-24-25-28(37(31(42)33-25)15-18-5-10-21(44-2)11-6-18)35-26(34-27(24)36)19-7-12-22(29(38)39)23(13-19)30(40)41/h3-13,16H,14-15H2,1-2H3,(H,33,42)(H,34,35)(H,38,39)(H,40,41). The van der Waals surface area contributed by atoms with Crippen molar-refractivity contribution in [1.82, 2.24) is 19.1 Å². The number of nitrogens with one attached hydrogen (secondary N) is 2. The number of methoxy groups -OCH3 is 2. The summed E-state index contributed by atoms with van der Waals surface area (Å²) in [6.45, 7) is 0.572. The number of aromatic carboxylic acids is 2. The Balaban J connectivity index is 1.50. The van der Waals surface area contributed by atoms with E-state index in [0.29, 0.717) is 46.6 Å². The van der Waals surface area contributed by atoms with Crippen LogP contribution in [0.3, 0.4) is 0 Å². The summed E-state index contributed by atoms with van der Waals surface area (Å²) in [4.78, 5) is 49.4. The number of imidazole rings is 2. The van der Waals surface area contributed by atoms with Gasteiger partial charge in [-0.25, -0.2) is 24.4 Å². The Bertz CT molecular complexity index is 1990. The zero-order chi connectivity index (χ0) is 31.0. The molecule has 1 aliphatic heterocycles. The maximum atomic E-state index is 13.3. The molecule has 0 unspecified atom stereocenters. The second-order valence-corrected chi connectivity index (χ2v) is 9.94. The molecule has 0 radical (unpaired) electrons. The second kappa shape index (κ2) is 11.3. The third-order valence-corrected chi connectivity index (χ3v) is 7.25. The van der Waals surface area contributed by atoms with E-state index >= 15 is 0 Å². The molecule has 1 aliphatic rings. The molecule has 0 aliphatic carbocycles. The Labute approximate surface area is 249 Å². The molecule has 2 aromatic heterocycles. The van der Waals surface area contributed by atoms with Crippen molar-refractivity contribution in [3.05, 3.63) is 111 Å². The van der Waals surface area contributed by atoms with Crippen molar-refractivity contribution < 1.29 is 29.3 Å². The number of H-pyrrole nitrogens is 1. The first-order chi connectivity index (χ1) is 21.2. The van der Waals surface area contributed by atoms with Gasteiger partial charge in [0.2, 0.25) is 0 Å². The third kappa shape index (κ3) is 5.17. The number of hydrogen-bond acceptors (Lipinski definition) is 8. The normalized spacial score (nSPS) is 11.9. The lowest BCUT2D eigenvalue weighted by molar-refractivity contribution is 0.0651. The average Bonchev–Trinajstić information content (AvgIpc) is 3.50. The highest BCUT2D eigenvalue weighted by Crippen LogP contribution is 2.37. The van der Waals surface area contributed by atoms with Gasteiger partial charge in [0.15, 0.2) is 5.82 Å². The number of aliphatic imine (C=N–C) groups is 1. The fourth-order valence-electron chi connectivity index (χ4n) is 4.99. The molecular weight excluding hydrogens is 568 g/mol. The molecule has 3 heterocycles. The molecule has 0 fully saturated rings. The van der Waals surface area contributed by atoms with Gasteiger partial charge < -0.3 is 34.6 Å². The zero-order valence-electron chi connectivity index (χ0n) is 23.6. The minimum absolute atomic E-state index is 0.190. The number of amidine groups is 1. The molecule has 0 atom stereocenters. The van der Waals surface area contributed by atoms with Crippen LogP contribution < -0.4 is 20.5 Å². The van der Waals surface area contributed by atoms with Crippen LogP contribution in [0.5, 0.6) is 11.5 Å².